The van der Waals surface area contributed by atoms with E-state index in [0.29, 0.717) is 0 Å². The second-order valence-electron chi connectivity index (χ2n) is 7.21. The van der Waals surface area contributed by atoms with Crippen LogP contribution in [-0.4, -0.2) is 13.7 Å². The summed E-state index contributed by atoms with van der Waals surface area (Å²) in [5.41, 5.74) is 1.31. The molecule has 2 nitrogen and oxygen atoms in total. The van der Waals surface area contributed by atoms with Crippen molar-refractivity contribution in [3.8, 4) is 11.5 Å². The summed E-state index contributed by atoms with van der Waals surface area (Å²) in [6.07, 6.45) is 0.992. The van der Waals surface area contributed by atoms with Gasteiger partial charge in [0.15, 0.2) is 14.7 Å². The lowest BCUT2D eigenvalue weighted by molar-refractivity contribution is 0.357. The fourth-order valence-corrected chi connectivity index (χ4v) is 7.10. The Morgan fingerprint density at radius 1 is 0.806 bits per heavy atom. The van der Waals surface area contributed by atoms with Crippen molar-refractivity contribution in [2.75, 3.05) is 13.7 Å². The number of rotatable bonds is 6. The van der Waals surface area contributed by atoms with Crippen molar-refractivity contribution in [1.82, 2.24) is 0 Å². The molecule has 0 aliphatic carbocycles. The third kappa shape index (κ3) is 4.32. The molecule has 154 valence electrons. The summed E-state index contributed by atoms with van der Waals surface area (Å²) < 4.78 is 11.1. The zero-order chi connectivity index (χ0) is 21.0. The molecule has 4 aromatic carbocycles. The molecular weight excluding hydrogens is 420 g/mol. The van der Waals surface area contributed by atoms with Crippen molar-refractivity contribution in [2.24, 2.45) is 0 Å². The number of hydrogen-bond acceptors (Lipinski definition) is 3. The van der Waals surface area contributed by atoms with E-state index in [-0.39, 0.29) is 10.9 Å². The van der Waals surface area contributed by atoms with Crippen molar-refractivity contribution in [2.45, 2.75) is 30.9 Å². The highest BCUT2D eigenvalue weighted by Gasteiger charge is 2.31. The van der Waals surface area contributed by atoms with Crippen molar-refractivity contribution < 1.29 is 9.47 Å². The monoisotopic (exact) mass is 443 g/mol. The van der Waals surface area contributed by atoms with E-state index in [0.717, 1.165) is 24.5 Å². The molecule has 0 radical (unpaired) electrons. The van der Waals surface area contributed by atoms with Crippen LogP contribution in [0, 0.1) is 0 Å². The zero-order valence-electron chi connectivity index (χ0n) is 17.3. The van der Waals surface area contributed by atoms with Gasteiger partial charge in [0.2, 0.25) is 0 Å². The SMILES string of the molecule is COc1ccc([S+](c2ccccc2)c2ccccc2Sc2ccc3c(c2)CCO3)cc1. The average molecular weight is 444 g/mol. The van der Waals surface area contributed by atoms with E-state index in [1.807, 2.05) is 11.8 Å². The van der Waals surface area contributed by atoms with Crippen molar-refractivity contribution >= 4 is 22.7 Å². The summed E-state index contributed by atoms with van der Waals surface area (Å²) in [4.78, 5) is 6.46. The molecule has 0 aromatic heterocycles. The molecule has 1 aliphatic rings. The highest BCUT2D eigenvalue weighted by atomic mass is 32.2. The maximum absolute atomic E-state index is 5.68. The Labute approximate surface area is 190 Å². The van der Waals surface area contributed by atoms with Gasteiger partial charge in [0.25, 0.3) is 0 Å². The Bertz CT molecular complexity index is 1170. The van der Waals surface area contributed by atoms with Gasteiger partial charge in [-0.05, 0) is 72.3 Å². The fourth-order valence-electron chi connectivity index (χ4n) is 3.71. The topological polar surface area (TPSA) is 18.5 Å². The van der Waals surface area contributed by atoms with Crippen LogP contribution in [0.1, 0.15) is 5.56 Å². The van der Waals surface area contributed by atoms with Crippen LogP contribution >= 0.6 is 11.8 Å². The maximum Gasteiger partial charge on any atom is 0.180 e. The van der Waals surface area contributed by atoms with Gasteiger partial charge in [-0.2, -0.15) is 0 Å². The number of hydrogen-bond donors (Lipinski definition) is 0. The molecule has 4 aromatic rings. The third-order valence-corrected chi connectivity index (χ3v) is 8.71. The molecule has 0 spiro atoms. The van der Waals surface area contributed by atoms with Crippen molar-refractivity contribution in [3.63, 3.8) is 0 Å². The third-order valence-electron chi connectivity index (χ3n) is 5.23. The van der Waals surface area contributed by atoms with Gasteiger partial charge in [-0.3, -0.25) is 0 Å². The summed E-state index contributed by atoms with van der Waals surface area (Å²) in [7, 11) is 1.50. The smallest absolute Gasteiger partial charge is 0.180 e. The molecule has 0 fully saturated rings. The minimum absolute atomic E-state index is 0.210. The van der Waals surface area contributed by atoms with Gasteiger partial charge in [0.05, 0.1) is 18.6 Å². The first kappa shape index (κ1) is 20.1. The van der Waals surface area contributed by atoms with Crippen molar-refractivity contribution in [3.05, 3.63) is 103 Å². The molecule has 0 bridgehead atoms. The molecular formula is C27H23O2S2+. The molecule has 5 rings (SSSR count). The normalized spacial score (nSPS) is 13.3. The van der Waals surface area contributed by atoms with Crippen LogP contribution in [0.15, 0.2) is 122 Å². The second-order valence-corrected chi connectivity index (χ2v) is 10.3. The van der Waals surface area contributed by atoms with E-state index in [1.54, 1.807) is 7.11 Å². The van der Waals surface area contributed by atoms with E-state index in [4.69, 9.17) is 9.47 Å². The van der Waals surface area contributed by atoms with Gasteiger partial charge in [-0.25, -0.2) is 0 Å². The molecule has 0 amide bonds. The molecule has 0 saturated heterocycles. The van der Waals surface area contributed by atoms with Crippen LogP contribution in [0.2, 0.25) is 0 Å². The minimum Gasteiger partial charge on any atom is -0.497 e. The van der Waals surface area contributed by atoms with Crippen LogP contribution in [0.4, 0.5) is 0 Å². The lowest BCUT2D eigenvalue weighted by Crippen LogP contribution is -2.06. The van der Waals surface area contributed by atoms with Crippen molar-refractivity contribution in [1.29, 1.82) is 0 Å². The lowest BCUT2D eigenvalue weighted by Gasteiger charge is -2.12. The standard InChI is InChI=1S/C27H23O2S2/c1-28-21-11-14-24(15-12-21)31(23-7-3-2-4-8-23)27-10-6-5-9-26(27)30-22-13-16-25-20(19-22)17-18-29-25/h2-16,19H,17-18H2,1H3/q+1. The van der Waals surface area contributed by atoms with Gasteiger partial charge >= 0.3 is 0 Å². The van der Waals surface area contributed by atoms with E-state index in [2.05, 4.69) is 97.1 Å². The van der Waals surface area contributed by atoms with Crippen LogP contribution in [-0.2, 0) is 17.3 Å². The Hall–Kier alpha value is -2.82. The molecule has 31 heavy (non-hydrogen) atoms. The Balaban J connectivity index is 1.57. The first-order valence-electron chi connectivity index (χ1n) is 10.3. The largest absolute Gasteiger partial charge is 0.497 e. The van der Waals surface area contributed by atoms with Gasteiger partial charge in [0, 0.05) is 11.3 Å². The Morgan fingerprint density at radius 3 is 2.35 bits per heavy atom. The van der Waals surface area contributed by atoms with Crippen LogP contribution in [0.25, 0.3) is 0 Å². The quantitative estimate of drug-likeness (QED) is 0.303. The zero-order valence-corrected chi connectivity index (χ0v) is 18.9. The van der Waals surface area contributed by atoms with Crippen LogP contribution in [0.5, 0.6) is 11.5 Å². The average Bonchev–Trinajstić information content (AvgIpc) is 3.29. The summed E-state index contributed by atoms with van der Waals surface area (Å²) in [5.74, 6) is 1.91. The molecule has 1 heterocycles. The summed E-state index contributed by atoms with van der Waals surface area (Å²) >= 11 is 1.83. The molecule has 1 unspecified atom stereocenters. The first-order chi connectivity index (χ1) is 15.3. The van der Waals surface area contributed by atoms with E-state index in [1.165, 1.54) is 30.0 Å². The summed E-state index contributed by atoms with van der Waals surface area (Å²) in [6, 6.07) is 34.5. The van der Waals surface area contributed by atoms with Gasteiger partial charge in [0.1, 0.15) is 22.4 Å². The summed E-state index contributed by atoms with van der Waals surface area (Å²) in [5, 5.41) is 0. The molecule has 0 saturated carbocycles. The molecule has 0 N–H and O–H groups in total. The Morgan fingerprint density at radius 2 is 1.55 bits per heavy atom. The number of benzene rings is 4. The number of methoxy groups -OCH3 is 1. The van der Waals surface area contributed by atoms with Gasteiger partial charge in [-0.15, -0.1) is 0 Å². The highest BCUT2D eigenvalue weighted by Crippen LogP contribution is 2.41. The first-order valence-corrected chi connectivity index (χ1v) is 12.3. The predicted molar refractivity (Wildman–Crippen MR) is 128 cm³/mol. The molecule has 1 aliphatic heterocycles. The lowest BCUT2D eigenvalue weighted by atomic mass is 10.2. The highest BCUT2D eigenvalue weighted by molar-refractivity contribution is 8.01. The maximum atomic E-state index is 5.68. The van der Waals surface area contributed by atoms with Gasteiger partial charge in [-0.1, -0.05) is 42.1 Å². The predicted octanol–water partition coefficient (Wildman–Crippen LogP) is 6.88. The Kier molecular flexibility index (Phi) is 5.92. The van der Waals surface area contributed by atoms with E-state index >= 15 is 0 Å². The number of fused-ring (bicyclic) bond motifs is 1. The van der Waals surface area contributed by atoms with Crippen LogP contribution < -0.4 is 9.47 Å². The molecule has 1 atom stereocenters. The van der Waals surface area contributed by atoms with E-state index < -0.39 is 0 Å². The van der Waals surface area contributed by atoms with Gasteiger partial charge < -0.3 is 9.47 Å². The fraction of sp³-hybridized carbons (Fsp3) is 0.111. The number of ether oxygens (including phenoxy) is 2. The minimum atomic E-state index is -0.210. The van der Waals surface area contributed by atoms with E-state index in [9.17, 15) is 0 Å². The summed E-state index contributed by atoms with van der Waals surface area (Å²) in [6.45, 7) is 0.787. The second kappa shape index (κ2) is 9.13. The van der Waals surface area contributed by atoms with Crippen LogP contribution in [0.3, 0.4) is 0 Å². The molecule has 4 heteroatoms.